The molecule has 0 aliphatic carbocycles. The van der Waals surface area contributed by atoms with Crippen LogP contribution in [-0.2, 0) is 0 Å². The fraction of sp³-hybridized carbons (Fsp3) is 0.500. The summed E-state index contributed by atoms with van der Waals surface area (Å²) in [6.07, 6.45) is 7.90. The highest BCUT2D eigenvalue weighted by atomic mass is 127. The summed E-state index contributed by atoms with van der Waals surface area (Å²) in [5.41, 5.74) is 1.53. The van der Waals surface area contributed by atoms with Gasteiger partial charge in [-0.25, -0.2) is 0 Å². The van der Waals surface area contributed by atoms with E-state index in [0.29, 0.717) is 0 Å². The SMILES string of the molecule is CCCC[N+](CCCC)(CCCC)c1ccccc1.Cl.F[B-](F)(F)F.Ic1ccccc1. The molecule has 32 heavy (non-hydrogen) atoms. The standard InChI is InChI=1S/C18H32N.C6H5I.BF4.ClH/c1-4-7-15-19(16-8-5-2,17-9-6-3)18-13-11-10-12-14-18;7-6-4-2-1-3-5-6;2-1(3,4)5;/h10-14H,4-9,15-17H2,1-3H3;1-5H;;1H/q+1;;-1;. The molecule has 2 aromatic rings. The number of halogens is 6. The quantitative estimate of drug-likeness (QED) is 0.112. The first-order valence-corrected chi connectivity index (χ1v) is 12.3. The summed E-state index contributed by atoms with van der Waals surface area (Å²) in [5, 5.41) is 0. The molecule has 0 heterocycles. The Bertz CT molecular complexity index is 632. The van der Waals surface area contributed by atoms with Crippen LogP contribution in [0.3, 0.4) is 0 Å². The molecule has 0 atom stereocenters. The van der Waals surface area contributed by atoms with Crippen LogP contribution >= 0.6 is 35.0 Å². The van der Waals surface area contributed by atoms with E-state index in [2.05, 4.69) is 85.8 Å². The first kappa shape index (κ1) is 33.4. The summed E-state index contributed by atoms with van der Waals surface area (Å²) in [6.45, 7) is 10.8. The van der Waals surface area contributed by atoms with Crippen molar-refractivity contribution in [3.63, 3.8) is 0 Å². The van der Waals surface area contributed by atoms with Crippen molar-refractivity contribution >= 4 is 47.9 Å². The Labute approximate surface area is 212 Å². The van der Waals surface area contributed by atoms with E-state index in [1.54, 1.807) is 0 Å². The lowest BCUT2D eigenvalue weighted by atomic mass is 10.1. The van der Waals surface area contributed by atoms with E-state index < -0.39 is 7.25 Å². The zero-order valence-corrected chi connectivity index (χ0v) is 22.4. The van der Waals surface area contributed by atoms with Crippen molar-refractivity contribution in [2.24, 2.45) is 0 Å². The molecule has 0 radical (unpaired) electrons. The molecular formula is C24H38BClF4IN. The van der Waals surface area contributed by atoms with Gasteiger partial charge in [-0.15, -0.1) is 12.4 Å². The lowest BCUT2D eigenvalue weighted by Crippen LogP contribution is -2.51. The maximum absolute atomic E-state index is 9.75. The Kier molecular flexibility index (Phi) is 20.5. The first-order chi connectivity index (χ1) is 14.7. The second-order valence-corrected chi connectivity index (χ2v) is 8.75. The van der Waals surface area contributed by atoms with Gasteiger partial charge in [0.05, 0.1) is 19.6 Å². The second kappa shape index (κ2) is 19.7. The van der Waals surface area contributed by atoms with E-state index in [9.17, 15) is 17.3 Å². The molecular weight excluding hydrogens is 551 g/mol. The molecule has 0 spiro atoms. The highest BCUT2D eigenvalue weighted by Crippen LogP contribution is 2.26. The maximum atomic E-state index is 9.75. The van der Waals surface area contributed by atoms with Gasteiger partial charge in [0, 0.05) is 3.57 Å². The minimum Gasteiger partial charge on any atom is -0.418 e. The number of hydrogen-bond donors (Lipinski definition) is 0. The molecule has 0 amide bonds. The van der Waals surface area contributed by atoms with Gasteiger partial charge in [-0.3, -0.25) is 4.48 Å². The monoisotopic (exact) mass is 589 g/mol. The van der Waals surface area contributed by atoms with Crippen molar-refractivity contribution < 1.29 is 17.3 Å². The average molecular weight is 590 g/mol. The normalized spacial score (nSPS) is 10.8. The minimum absolute atomic E-state index is 0. The van der Waals surface area contributed by atoms with E-state index >= 15 is 0 Å². The van der Waals surface area contributed by atoms with Crippen molar-refractivity contribution in [3.8, 4) is 0 Å². The summed E-state index contributed by atoms with van der Waals surface area (Å²) >= 11 is 2.28. The average Bonchev–Trinajstić information content (AvgIpc) is 2.74. The van der Waals surface area contributed by atoms with Gasteiger partial charge in [0.1, 0.15) is 5.69 Å². The van der Waals surface area contributed by atoms with E-state index in [4.69, 9.17) is 0 Å². The molecule has 2 rings (SSSR count). The number of hydrogen-bond acceptors (Lipinski definition) is 0. The van der Waals surface area contributed by atoms with Gasteiger partial charge in [0.25, 0.3) is 0 Å². The van der Waals surface area contributed by atoms with Crippen LogP contribution in [0, 0.1) is 3.57 Å². The van der Waals surface area contributed by atoms with Crippen LogP contribution in [0.1, 0.15) is 59.3 Å². The van der Waals surface area contributed by atoms with E-state index in [1.165, 1.54) is 71.9 Å². The van der Waals surface area contributed by atoms with Crippen LogP contribution in [0.15, 0.2) is 60.7 Å². The highest BCUT2D eigenvalue weighted by molar-refractivity contribution is 14.1. The maximum Gasteiger partial charge on any atom is 0.673 e. The Morgan fingerprint density at radius 3 is 1.22 bits per heavy atom. The zero-order chi connectivity index (χ0) is 23.6. The van der Waals surface area contributed by atoms with Crippen molar-refractivity contribution in [2.45, 2.75) is 59.3 Å². The van der Waals surface area contributed by atoms with Gasteiger partial charge in [-0.05, 0) is 66.1 Å². The molecule has 8 heteroatoms. The molecule has 1 nitrogen and oxygen atoms in total. The summed E-state index contributed by atoms with van der Waals surface area (Å²) in [6, 6.07) is 21.4. The molecule has 0 saturated carbocycles. The summed E-state index contributed by atoms with van der Waals surface area (Å²) in [7, 11) is -6.00. The third-order valence-corrected chi connectivity index (χ3v) is 5.58. The summed E-state index contributed by atoms with van der Waals surface area (Å²) in [5.74, 6) is 0. The first-order valence-electron chi connectivity index (χ1n) is 11.2. The molecule has 0 aliphatic heterocycles. The molecule has 0 unspecified atom stereocenters. The van der Waals surface area contributed by atoms with Crippen molar-refractivity contribution in [1.82, 2.24) is 4.48 Å². The molecule has 0 aromatic heterocycles. The smallest absolute Gasteiger partial charge is 0.418 e. The predicted octanol–water partition coefficient (Wildman–Crippen LogP) is 9.41. The van der Waals surface area contributed by atoms with Crippen LogP contribution in [0.25, 0.3) is 0 Å². The minimum atomic E-state index is -6.00. The van der Waals surface area contributed by atoms with Crippen molar-refractivity contribution in [1.29, 1.82) is 0 Å². The van der Waals surface area contributed by atoms with E-state index in [0.717, 1.165) is 0 Å². The molecule has 0 bridgehead atoms. The largest absolute Gasteiger partial charge is 0.673 e. The molecule has 0 fully saturated rings. The van der Waals surface area contributed by atoms with Crippen molar-refractivity contribution in [2.75, 3.05) is 19.6 Å². The predicted molar refractivity (Wildman–Crippen MR) is 144 cm³/mol. The highest BCUT2D eigenvalue weighted by Gasteiger charge is 2.28. The van der Waals surface area contributed by atoms with Crippen LogP contribution in [0.2, 0.25) is 0 Å². The topological polar surface area (TPSA) is 0 Å². The molecule has 0 aliphatic rings. The fourth-order valence-corrected chi connectivity index (χ4v) is 3.68. The van der Waals surface area contributed by atoms with Crippen molar-refractivity contribution in [3.05, 3.63) is 64.2 Å². The number of para-hydroxylation sites is 1. The number of quaternary nitrogens is 1. The lowest BCUT2D eigenvalue weighted by molar-refractivity contribution is 0.259. The van der Waals surface area contributed by atoms with Gasteiger partial charge in [-0.2, -0.15) is 0 Å². The molecule has 0 saturated heterocycles. The van der Waals surface area contributed by atoms with E-state index in [1.807, 2.05) is 18.2 Å². The Morgan fingerprint density at radius 2 is 0.969 bits per heavy atom. The summed E-state index contributed by atoms with van der Waals surface area (Å²) in [4.78, 5) is 0. The van der Waals surface area contributed by atoms with E-state index in [-0.39, 0.29) is 12.4 Å². The van der Waals surface area contributed by atoms with Gasteiger partial charge in [-0.1, -0.05) is 76.4 Å². The van der Waals surface area contributed by atoms with Crippen LogP contribution in [0.4, 0.5) is 23.0 Å². The van der Waals surface area contributed by atoms with Gasteiger partial charge < -0.3 is 17.3 Å². The Balaban J connectivity index is 0. The second-order valence-electron chi connectivity index (χ2n) is 7.50. The van der Waals surface area contributed by atoms with Gasteiger partial charge >= 0.3 is 7.25 Å². The molecule has 0 N–H and O–H groups in total. The zero-order valence-electron chi connectivity index (χ0n) is 19.5. The Hall–Kier alpha value is -0.795. The number of nitrogens with zero attached hydrogens (tertiary/aromatic N) is 1. The molecule has 184 valence electrons. The fourth-order valence-electron chi connectivity index (χ4n) is 3.26. The Morgan fingerprint density at radius 1 is 0.656 bits per heavy atom. The number of unbranched alkanes of at least 4 members (excludes halogenated alkanes) is 3. The number of benzene rings is 2. The third-order valence-electron chi connectivity index (χ3n) is 4.86. The lowest BCUT2D eigenvalue weighted by Gasteiger charge is -2.38. The van der Waals surface area contributed by atoms with Crippen LogP contribution in [-0.4, -0.2) is 26.9 Å². The number of rotatable bonds is 10. The summed E-state index contributed by atoms with van der Waals surface area (Å²) < 4.78 is 41.5. The van der Waals surface area contributed by atoms with Gasteiger partial charge in [0.15, 0.2) is 0 Å². The third kappa shape index (κ3) is 17.7. The van der Waals surface area contributed by atoms with Crippen LogP contribution in [0.5, 0.6) is 0 Å². The van der Waals surface area contributed by atoms with Crippen LogP contribution < -0.4 is 4.48 Å². The van der Waals surface area contributed by atoms with Gasteiger partial charge in [0.2, 0.25) is 0 Å². The molecule has 2 aromatic carbocycles.